The lowest BCUT2D eigenvalue weighted by molar-refractivity contribution is 0.0710. The van der Waals surface area contributed by atoms with Crippen molar-refractivity contribution in [1.29, 1.82) is 0 Å². The van der Waals surface area contributed by atoms with Crippen LogP contribution < -0.4 is 0 Å². The fourth-order valence-electron chi connectivity index (χ4n) is 2.63. The number of carbonyl (C=O) groups excluding carboxylic acids is 1. The van der Waals surface area contributed by atoms with Crippen molar-refractivity contribution in [3.05, 3.63) is 38.8 Å². The molecule has 0 saturated carbocycles. The second kappa shape index (κ2) is 5.69. The van der Waals surface area contributed by atoms with Gasteiger partial charge in [0.05, 0.1) is 10.6 Å². The van der Waals surface area contributed by atoms with Crippen LogP contribution in [0.4, 0.5) is 0 Å². The molecule has 1 amide bonds. The number of carbonyl (C=O) groups is 1. The van der Waals surface area contributed by atoms with Crippen LogP contribution in [0.25, 0.3) is 0 Å². The van der Waals surface area contributed by atoms with Crippen LogP contribution in [0.1, 0.15) is 34.1 Å². The van der Waals surface area contributed by atoms with Crippen LogP contribution in [-0.2, 0) is 7.05 Å². The SMILES string of the molecule is Cn1ccc(C2CCCN(C(=O)c3cc(Br)cs3)C2)n1. The van der Waals surface area contributed by atoms with Gasteiger partial charge in [0, 0.05) is 42.1 Å². The quantitative estimate of drug-likeness (QED) is 0.830. The molecule has 0 radical (unpaired) electrons. The van der Waals surface area contributed by atoms with Crippen molar-refractivity contribution >= 4 is 33.2 Å². The zero-order valence-electron chi connectivity index (χ0n) is 11.3. The molecule has 1 saturated heterocycles. The molecule has 1 fully saturated rings. The van der Waals surface area contributed by atoms with Crippen molar-refractivity contribution in [3.8, 4) is 0 Å². The lowest BCUT2D eigenvalue weighted by atomic mass is 9.95. The van der Waals surface area contributed by atoms with Crippen LogP contribution in [0.5, 0.6) is 0 Å². The van der Waals surface area contributed by atoms with Gasteiger partial charge in [-0.3, -0.25) is 9.48 Å². The standard InChI is InChI=1S/C14H16BrN3OS/c1-17-6-4-12(16-17)10-3-2-5-18(8-10)14(19)13-7-11(15)9-20-13/h4,6-7,9-10H,2-3,5,8H2,1H3. The van der Waals surface area contributed by atoms with Gasteiger partial charge in [0.15, 0.2) is 0 Å². The minimum atomic E-state index is 0.140. The summed E-state index contributed by atoms with van der Waals surface area (Å²) >= 11 is 4.90. The highest BCUT2D eigenvalue weighted by Crippen LogP contribution is 2.28. The van der Waals surface area contributed by atoms with E-state index in [0.717, 1.165) is 41.0 Å². The Morgan fingerprint density at radius 3 is 3.05 bits per heavy atom. The van der Waals surface area contributed by atoms with Gasteiger partial charge in [0.25, 0.3) is 5.91 Å². The van der Waals surface area contributed by atoms with Gasteiger partial charge in [-0.2, -0.15) is 5.10 Å². The summed E-state index contributed by atoms with van der Waals surface area (Å²) in [6, 6.07) is 3.96. The Balaban J connectivity index is 1.73. The van der Waals surface area contributed by atoms with Gasteiger partial charge in [-0.25, -0.2) is 0 Å². The second-order valence-electron chi connectivity index (χ2n) is 5.13. The number of amides is 1. The normalized spacial score (nSPS) is 19.3. The van der Waals surface area contributed by atoms with E-state index in [-0.39, 0.29) is 5.91 Å². The zero-order chi connectivity index (χ0) is 14.1. The van der Waals surface area contributed by atoms with Gasteiger partial charge in [0.2, 0.25) is 0 Å². The molecule has 3 heterocycles. The van der Waals surface area contributed by atoms with Crippen LogP contribution in [-0.4, -0.2) is 33.7 Å². The van der Waals surface area contributed by atoms with E-state index >= 15 is 0 Å². The van der Waals surface area contributed by atoms with E-state index < -0.39 is 0 Å². The van der Waals surface area contributed by atoms with Gasteiger partial charge >= 0.3 is 0 Å². The van der Waals surface area contributed by atoms with E-state index in [9.17, 15) is 4.79 Å². The van der Waals surface area contributed by atoms with Crippen LogP contribution in [0, 0.1) is 0 Å². The summed E-state index contributed by atoms with van der Waals surface area (Å²) in [5, 5.41) is 6.43. The minimum Gasteiger partial charge on any atom is -0.337 e. The van der Waals surface area contributed by atoms with Crippen molar-refractivity contribution in [2.24, 2.45) is 7.05 Å². The summed E-state index contributed by atoms with van der Waals surface area (Å²) in [7, 11) is 1.93. The van der Waals surface area contributed by atoms with E-state index in [2.05, 4.69) is 27.1 Å². The van der Waals surface area contributed by atoms with Crippen molar-refractivity contribution in [3.63, 3.8) is 0 Å². The lowest BCUT2D eigenvalue weighted by Crippen LogP contribution is -2.38. The van der Waals surface area contributed by atoms with Crippen LogP contribution in [0.3, 0.4) is 0 Å². The monoisotopic (exact) mass is 353 g/mol. The summed E-state index contributed by atoms with van der Waals surface area (Å²) < 4.78 is 2.80. The molecular weight excluding hydrogens is 338 g/mol. The summed E-state index contributed by atoms with van der Waals surface area (Å²) in [5.41, 5.74) is 1.09. The fraction of sp³-hybridized carbons (Fsp3) is 0.429. The van der Waals surface area contributed by atoms with Gasteiger partial charge in [-0.05, 0) is 40.9 Å². The molecule has 0 spiro atoms. The number of likely N-dealkylation sites (tertiary alicyclic amines) is 1. The van der Waals surface area contributed by atoms with Gasteiger partial charge in [-0.15, -0.1) is 11.3 Å². The van der Waals surface area contributed by atoms with Crippen molar-refractivity contribution in [1.82, 2.24) is 14.7 Å². The predicted molar refractivity (Wildman–Crippen MR) is 83.1 cm³/mol. The van der Waals surface area contributed by atoms with E-state index in [1.54, 1.807) is 0 Å². The molecule has 0 aromatic carbocycles. The number of halogens is 1. The van der Waals surface area contributed by atoms with Gasteiger partial charge < -0.3 is 4.90 Å². The molecule has 1 unspecified atom stereocenters. The largest absolute Gasteiger partial charge is 0.337 e. The molecule has 20 heavy (non-hydrogen) atoms. The zero-order valence-corrected chi connectivity index (χ0v) is 13.7. The maximum atomic E-state index is 12.5. The van der Waals surface area contributed by atoms with Crippen molar-refractivity contribution < 1.29 is 4.79 Å². The smallest absolute Gasteiger partial charge is 0.263 e. The Bertz CT molecular complexity index is 621. The van der Waals surface area contributed by atoms with Gasteiger partial charge in [0.1, 0.15) is 0 Å². The summed E-state index contributed by atoms with van der Waals surface area (Å²) in [5.74, 6) is 0.499. The molecule has 0 bridgehead atoms. The van der Waals surface area contributed by atoms with Crippen molar-refractivity contribution in [2.75, 3.05) is 13.1 Å². The molecule has 0 N–H and O–H groups in total. The third-order valence-corrected chi connectivity index (χ3v) is 5.32. The van der Waals surface area contributed by atoms with Crippen LogP contribution in [0.15, 0.2) is 28.2 Å². The summed E-state index contributed by atoms with van der Waals surface area (Å²) in [4.78, 5) is 15.2. The number of nitrogens with zero attached hydrogens (tertiary/aromatic N) is 3. The number of piperidine rings is 1. The first-order valence-corrected chi connectivity index (χ1v) is 8.33. The molecule has 2 aromatic heterocycles. The minimum absolute atomic E-state index is 0.140. The number of hydrogen-bond acceptors (Lipinski definition) is 3. The maximum Gasteiger partial charge on any atom is 0.263 e. The molecule has 1 aliphatic rings. The predicted octanol–water partition coefficient (Wildman–Crippen LogP) is 3.26. The summed E-state index contributed by atoms with van der Waals surface area (Å²) in [6.45, 7) is 1.61. The molecule has 0 aliphatic carbocycles. The first kappa shape index (κ1) is 13.8. The Labute approximate surface area is 130 Å². The molecule has 1 aliphatic heterocycles. The molecule has 4 nitrogen and oxygen atoms in total. The van der Waals surface area contributed by atoms with E-state index in [0.29, 0.717) is 5.92 Å². The molecule has 1 atom stereocenters. The van der Waals surface area contributed by atoms with E-state index in [1.807, 2.05) is 34.3 Å². The molecular formula is C14H16BrN3OS. The second-order valence-corrected chi connectivity index (χ2v) is 6.96. The highest BCUT2D eigenvalue weighted by atomic mass is 79.9. The molecule has 106 valence electrons. The summed E-state index contributed by atoms with van der Waals surface area (Å²) in [6.07, 6.45) is 4.11. The van der Waals surface area contributed by atoms with Crippen molar-refractivity contribution in [2.45, 2.75) is 18.8 Å². The third kappa shape index (κ3) is 2.81. The Morgan fingerprint density at radius 2 is 2.40 bits per heavy atom. The number of hydrogen-bond donors (Lipinski definition) is 0. The molecule has 6 heteroatoms. The number of thiophene rings is 1. The highest BCUT2D eigenvalue weighted by Gasteiger charge is 2.27. The first-order chi connectivity index (χ1) is 9.63. The number of aromatic nitrogens is 2. The lowest BCUT2D eigenvalue weighted by Gasteiger charge is -2.31. The number of aryl methyl sites for hydroxylation is 1. The maximum absolute atomic E-state index is 12.5. The highest BCUT2D eigenvalue weighted by molar-refractivity contribution is 9.10. The Kier molecular flexibility index (Phi) is 3.94. The first-order valence-electron chi connectivity index (χ1n) is 6.66. The number of rotatable bonds is 2. The van der Waals surface area contributed by atoms with Crippen LogP contribution in [0.2, 0.25) is 0 Å². The Morgan fingerprint density at radius 1 is 1.55 bits per heavy atom. The van der Waals surface area contributed by atoms with E-state index in [4.69, 9.17) is 0 Å². The topological polar surface area (TPSA) is 38.1 Å². The third-order valence-electron chi connectivity index (χ3n) is 3.64. The average molecular weight is 354 g/mol. The average Bonchev–Trinajstić information content (AvgIpc) is 3.07. The fourth-order valence-corrected chi connectivity index (χ4v) is 4.03. The van der Waals surface area contributed by atoms with Crippen LogP contribution >= 0.6 is 27.3 Å². The molecule has 2 aromatic rings. The molecule has 3 rings (SSSR count). The van der Waals surface area contributed by atoms with E-state index in [1.165, 1.54) is 11.3 Å². The van der Waals surface area contributed by atoms with Gasteiger partial charge in [-0.1, -0.05) is 0 Å². The Hall–Kier alpha value is -1.14.